The smallest absolute Gasteiger partial charge is 0.270 e. The minimum absolute atomic E-state index is 0.0961. The third-order valence-corrected chi connectivity index (χ3v) is 7.69. The average Bonchev–Trinajstić information content (AvgIpc) is 3.21. The van der Waals surface area contributed by atoms with Crippen LogP contribution in [0.5, 0.6) is 0 Å². The van der Waals surface area contributed by atoms with Gasteiger partial charge in [-0.25, -0.2) is 8.78 Å². The van der Waals surface area contributed by atoms with Gasteiger partial charge in [0.15, 0.2) is 11.6 Å². The van der Waals surface area contributed by atoms with Crippen LogP contribution in [-0.2, 0) is 16.6 Å². The number of rotatable bonds is 6. The minimum atomic E-state index is -0.960. The second-order valence-electron chi connectivity index (χ2n) is 9.93. The molecule has 1 unspecified atom stereocenters. The molecule has 2 heterocycles. The molecule has 1 aromatic heterocycles. The van der Waals surface area contributed by atoms with Gasteiger partial charge in [-0.15, -0.1) is 0 Å². The van der Waals surface area contributed by atoms with Crippen LogP contribution in [0.15, 0.2) is 18.2 Å². The standard InChI is InChI=1S/C26H35F2N5O3/c1-16(29-2)24(34)30-23(17-7-5-4-6-8-17)26(36)33-11-9-32(10-12-33)25(35)22-14-18-13-19(27)20(28)15-21(18)31(22)3/h13-17,23,29H,4-12H2,1-3H3,(H,30,34)/t16?,23-/m0/s1. The molecule has 2 aliphatic rings. The van der Waals surface area contributed by atoms with Crippen LogP contribution < -0.4 is 10.6 Å². The number of carbonyl (C=O) groups is 3. The largest absolute Gasteiger partial charge is 0.343 e. The highest BCUT2D eigenvalue weighted by Gasteiger charge is 2.36. The van der Waals surface area contributed by atoms with Gasteiger partial charge in [0.2, 0.25) is 11.8 Å². The Labute approximate surface area is 210 Å². The molecule has 3 amide bonds. The molecule has 10 heteroatoms. The van der Waals surface area contributed by atoms with Gasteiger partial charge in [-0.05, 0) is 44.9 Å². The van der Waals surface area contributed by atoms with E-state index in [2.05, 4.69) is 10.6 Å². The molecule has 0 spiro atoms. The first-order chi connectivity index (χ1) is 17.2. The molecule has 2 aromatic rings. The van der Waals surface area contributed by atoms with Crippen molar-refractivity contribution in [2.45, 2.75) is 51.1 Å². The fraction of sp³-hybridized carbons (Fsp3) is 0.577. The van der Waals surface area contributed by atoms with Crippen LogP contribution in [-0.4, -0.2) is 77.4 Å². The second kappa shape index (κ2) is 10.9. The van der Waals surface area contributed by atoms with Gasteiger partial charge in [-0.1, -0.05) is 19.3 Å². The summed E-state index contributed by atoms with van der Waals surface area (Å²) in [6.45, 7) is 3.16. The van der Waals surface area contributed by atoms with Gasteiger partial charge >= 0.3 is 0 Å². The maximum absolute atomic E-state index is 13.7. The van der Waals surface area contributed by atoms with Crippen LogP contribution in [0.1, 0.15) is 49.5 Å². The molecule has 1 saturated heterocycles. The van der Waals surface area contributed by atoms with E-state index < -0.39 is 23.7 Å². The fourth-order valence-electron chi connectivity index (χ4n) is 5.28. The summed E-state index contributed by atoms with van der Waals surface area (Å²) in [6.07, 6.45) is 5.06. The van der Waals surface area contributed by atoms with Crippen LogP contribution in [0.4, 0.5) is 8.78 Å². The number of aryl methyl sites for hydroxylation is 1. The Morgan fingerprint density at radius 1 is 0.944 bits per heavy atom. The molecule has 36 heavy (non-hydrogen) atoms. The number of halogens is 2. The number of carbonyl (C=O) groups excluding carboxylic acids is 3. The Morgan fingerprint density at radius 3 is 2.19 bits per heavy atom. The number of nitrogens with zero attached hydrogens (tertiary/aromatic N) is 3. The molecule has 1 aliphatic carbocycles. The molecule has 0 radical (unpaired) electrons. The molecule has 0 bridgehead atoms. The second-order valence-corrected chi connectivity index (χ2v) is 9.93. The van der Waals surface area contributed by atoms with E-state index in [-0.39, 0.29) is 23.6 Å². The van der Waals surface area contributed by atoms with Crippen molar-refractivity contribution in [3.8, 4) is 0 Å². The molecule has 1 aliphatic heterocycles. The van der Waals surface area contributed by atoms with Crippen molar-refractivity contribution in [3.63, 3.8) is 0 Å². The molecular formula is C26H35F2N5O3. The summed E-state index contributed by atoms with van der Waals surface area (Å²) in [6, 6.07) is 2.77. The van der Waals surface area contributed by atoms with E-state index in [4.69, 9.17) is 0 Å². The summed E-state index contributed by atoms with van der Waals surface area (Å²) in [5.41, 5.74) is 0.774. The first-order valence-corrected chi connectivity index (χ1v) is 12.7. The number of hydrogen-bond donors (Lipinski definition) is 2. The third-order valence-electron chi connectivity index (χ3n) is 7.69. The van der Waals surface area contributed by atoms with Gasteiger partial charge in [0, 0.05) is 44.7 Å². The fourth-order valence-corrected chi connectivity index (χ4v) is 5.28. The van der Waals surface area contributed by atoms with Crippen molar-refractivity contribution in [1.82, 2.24) is 25.0 Å². The Kier molecular flexibility index (Phi) is 7.92. The molecule has 1 aromatic carbocycles. The maximum atomic E-state index is 13.7. The average molecular weight is 504 g/mol. The lowest BCUT2D eigenvalue weighted by atomic mass is 9.83. The van der Waals surface area contributed by atoms with Crippen molar-refractivity contribution >= 4 is 28.6 Å². The van der Waals surface area contributed by atoms with E-state index in [0.717, 1.165) is 44.2 Å². The lowest BCUT2D eigenvalue weighted by Crippen LogP contribution is -2.59. The van der Waals surface area contributed by atoms with Crippen LogP contribution in [0.3, 0.4) is 0 Å². The molecule has 2 atom stereocenters. The molecule has 196 valence electrons. The Hall–Kier alpha value is -3.01. The number of benzene rings is 1. The van der Waals surface area contributed by atoms with Crippen molar-refractivity contribution in [1.29, 1.82) is 0 Å². The zero-order valence-corrected chi connectivity index (χ0v) is 21.2. The number of piperazine rings is 1. The number of likely N-dealkylation sites (N-methyl/N-ethyl adjacent to an activating group) is 1. The first-order valence-electron chi connectivity index (χ1n) is 12.7. The predicted molar refractivity (Wildman–Crippen MR) is 132 cm³/mol. The molecule has 2 fully saturated rings. The number of aromatic nitrogens is 1. The van der Waals surface area contributed by atoms with Gasteiger partial charge in [-0.3, -0.25) is 14.4 Å². The lowest BCUT2D eigenvalue weighted by molar-refractivity contribution is -0.140. The van der Waals surface area contributed by atoms with Crippen molar-refractivity contribution < 1.29 is 23.2 Å². The van der Waals surface area contributed by atoms with Gasteiger partial charge in [-0.2, -0.15) is 0 Å². The van der Waals surface area contributed by atoms with Gasteiger partial charge in [0.1, 0.15) is 11.7 Å². The summed E-state index contributed by atoms with van der Waals surface area (Å²) >= 11 is 0. The van der Waals surface area contributed by atoms with Crippen molar-refractivity contribution in [2.75, 3.05) is 33.2 Å². The highest BCUT2D eigenvalue weighted by molar-refractivity contribution is 5.99. The molecule has 1 saturated carbocycles. The quantitative estimate of drug-likeness (QED) is 0.634. The predicted octanol–water partition coefficient (Wildman–Crippen LogP) is 2.41. The van der Waals surface area contributed by atoms with Gasteiger partial charge in [0.05, 0.1) is 11.6 Å². The van der Waals surface area contributed by atoms with E-state index >= 15 is 0 Å². The summed E-state index contributed by atoms with van der Waals surface area (Å²) < 4.78 is 28.9. The van der Waals surface area contributed by atoms with Crippen LogP contribution in [0.2, 0.25) is 0 Å². The number of amides is 3. The number of hydrogen-bond acceptors (Lipinski definition) is 4. The van der Waals surface area contributed by atoms with Crippen LogP contribution >= 0.6 is 0 Å². The van der Waals surface area contributed by atoms with E-state index in [0.29, 0.717) is 42.8 Å². The highest BCUT2D eigenvalue weighted by atomic mass is 19.2. The Bertz CT molecular complexity index is 1140. The van der Waals surface area contributed by atoms with E-state index in [1.807, 2.05) is 0 Å². The first kappa shape index (κ1) is 26.1. The van der Waals surface area contributed by atoms with Crippen molar-refractivity contribution in [3.05, 3.63) is 35.5 Å². The van der Waals surface area contributed by atoms with E-state index in [9.17, 15) is 23.2 Å². The summed E-state index contributed by atoms with van der Waals surface area (Å²) in [7, 11) is 3.36. The normalized spacial score (nSPS) is 18.8. The van der Waals surface area contributed by atoms with Crippen molar-refractivity contribution in [2.24, 2.45) is 13.0 Å². The minimum Gasteiger partial charge on any atom is -0.343 e. The molecule has 2 N–H and O–H groups in total. The number of fused-ring (bicyclic) bond motifs is 1. The molecular weight excluding hydrogens is 468 g/mol. The summed E-state index contributed by atoms with van der Waals surface area (Å²) in [5, 5.41) is 6.36. The zero-order chi connectivity index (χ0) is 26.0. The maximum Gasteiger partial charge on any atom is 0.270 e. The summed E-state index contributed by atoms with van der Waals surface area (Å²) in [5.74, 6) is -2.35. The third kappa shape index (κ3) is 5.23. The van der Waals surface area contributed by atoms with Crippen LogP contribution in [0, 0.1) is 17.6 Å². The van der Waals surface area contributed by atoms with E-state index in [1.54, 1.807) is 41.5 Å². The Morgan fingerprint density at radius 2 is 1.56 bits per heavy atom. The lowest BCUT2D eigenvalue weighted by Gasteiger charge is -2.39. The number of nitrogens with one attached hydrogen (secondary N) is 2. The highest BCUT2D eigenvalue weighted by Crippen LogP contribution is 2.28. The monoisotopic (exact) mass is 503 g/mol. The summed E-state index contributed by atoms with van der Waals surface area (Å²) in [4.78, 5) is 42.8. The topological polar surface area (TPSA) is 86.7 Å². The SMILES string of the molecule is CNC(C)C(=O)N[C@H](C(=O)N1CCN(C(=O)c2cc3cc(F)c(F)cc3n2C)CC1)C1CCCCC1. The Balaban J connectivity index is 1.44. The van der Waals surface area contributed by atoms with E-state index in [1.165, 1.54) is 0 Å². The molecule has 4 rings (SSSR count). The molecule has 8 nitrogen and oxygen atoms in total. The van der Waals surface area contributed by atoms with Crippen LogP contribution in [0.25, 0.3) is 10.9 Å². The van der Waals surface area contributed by atoms with Gasteiger partial charge in [0.25, 0.3) is 5.91 Å². The zero-order valence-electron chi connectivity index (χ0n) is 21.2. The van der Waals surface area contributed by atoms with Gasteiger partial charge < -0.3 is 25.0 Å².